The highest BCUT2D eigenvalue weighted by Crippen LogP contribution is 2.42. The van der Waals surface area contributed by atoms with Crippen molar-refractivity contribution in [2.45, 2.75) is 31.0 Å². The topological polar surface area (TPSA) is 92.7 Å². The average molecular weight is 432 g/mol. The lowest BCUT2D eigenvalue weighted by Crippen LogP contribution is -2.15. The molecule has 0 atom stereocenters. The monoisotopic (exact) mass is 431 g/mol. The number of aromatic amines is 1. The van der Waals surface area contributed by atoms with Crippen LogP contribution in [0.15, 0.2) is 59.9 Å². The Morgan fingerprint density at radius 3 is 2.81 bits per heavy atom. The highest BCUT2D eigenvalue weighted by Gasteiger charge is 2.31. The van der Waals surface area contributed by atoms with Crippen molar-refractivity contribution in [2.24, 2.45) is 0 Å². The third-order valence-electron chi connectivity index (χ3n) is 5.29. The molecule has 0 spiro atoms. The lowest BCUT2D eigenvalue weighted by atomic mass is 10.1. The molecule has 1 aliphatic carbocycles. The molecule has 7 nitrogen and oxygen atoms in total. The number of nitrogens with zero attached hydrogens (tertiary/aromatic N) is 3. The first-order chi connectivity index (χ1) is 15.1. The SMILES string of the molecule is CC(=O)c1cccc(NC(=O)CSc2nnc(-c3c[nH]c4ccccc34)n2C2CC2)c1. The molecule has 0 saturated heterocycles. The maximum Gasteiger partial charge on any atom is 0.234 e. The summed E-state index contributed by atoms with van der Waals surface area (Å²) in [6.07, 6.45) is 4.15. The van der Waals surface area contributed by atoms with E-state index in [0.717, 1.165) is 40.3 Å². The fourth-order valence-corrected chi connectivity index (χ4v) is 4.43. The van der Waals surface area contributed by atoms with Gasteiger partial charge in [0, 0.05) is 40.0 Å². The third-order valence-corrected chi connectivity index (χ3v) is 6.23. The minimum atomic E-state index is -0.148. The number of ketones is 1. The van der Waals surface area contributed by atoms with Crippen molar-refractivity contribution >= 4 is 40.0 Å². The van der Waals surface area contributed by atoms with Crippen molar-refractivity contribution in [1.29, 1.82) is 0 Å². The summed E-state index contributed by atoms with van der Waals surface area (Å²) in [5, 5.41) is 13.6. The minimum Gasteiger partial charge on any atom is -0.360 e. The summed E-state index contributed by atoms with van der Waals surface area (Å²) < 4.78 is 2.16. The Kier molecular flexibility index (Phi) is 5.07. The van der Waals surface area contributed by atoms with Crippen LogP contribution in [0.5, 0.6) is 0 Å². The number of H-pyrrole nitrogens is 1. The molecule has 2 heterocycles. The number of carbonyl (C=O) groups is 2. The van der Waals surface area contributed by atoms with Crippen molar-refractivity contribution < 1.29 is 9.59 Å². The van der Waals surface area contributed by atoms with Crippen LogP contribution in [-0.2, 0) is 4.79 Å². The Morgan fingerprint density at radius 2 is 2.00 bits per heavy atom. The van der Waals surface area contributed by atoms with E-state index in [4.69, 9.17) is 0 Å². The van der Waals surface area contributed by atoms with E-state index in [2.05, 4.69) is 31.1 Å². The van der Waals surface area contributed by atoms with Crippen LogP contribution in [0.1, 0.15) is 36.2 Å². The lowest BCUT2D eigenvalue weighted by molar-refractivity contribution is -0.113. The summed E-state index contributed by atoms with van der Waals surface area (Å²) in [7, 11) is 0. The van der Waals surface area contributed by atoms with Gasteiger partial charge in [-0.1, -0.05) is 42.1 Å². The van der Waals surface area contributed by atoms with Crippen LogP contribution >= 0.6 is 11.8 Å². The second kappa shape index (κ2) is 8.03. The van der Waals surface area contributed by atoms with Crippen LogP contribution in [0.2, 0.25) is 0 Å². The Balaban J connectivity index is 1.34. The molecule has 2 N–H and O–H groups in total. The summed E-state index contributed by atoms with van der Waals surface area (Å²) in [5.41, 5.74) is 3.26. The van der Waals surface area contributed by atoms with E-state index < -0.39 is 0 Å². The normalized spacial score (nSPS) is 13.5. The van der Waals surface area contributed by atoms with Gasteiger partial charge in [0.15, 0.2) is 16.8 Å². The molecule has 1 saturated carbocycles. The van der Waals surface area contributed by atoms with Crippen molar-refractivity contribution in [1.82, 2.24) is 19.7 Å². The van der Waals surface area contributed by atoms with Crippen molar-refractivity contribution in [3.8, 4) is 11.4 Å². The van der Waals surface area contributed by atoms with Crippen LogP contribution in [0.4, 0.5) is 5.69 Å². The predicted octanol–water partition coefficient (Wildman–Crippen LogP) is 4.69. The largest absolute Gasteiger partial charge is 0.360 e. The van der Waals surface area contributed by atoms with Crippen molar-refractivity contribution in [3.63, 3.8) is 0 Å². The van der Waals surface area contributed by atoms with E-state index in [1.807, 2.05) is 24.4 Å². The zero-order valence-corrected chi connectivity index (χ0v) is 17.8. The number of anilines is 1. The van der Waals surface area contributed by atoms with Gasteiger partial charge in [-0.2, -0.15) is 0 Å². The number of hydrogen-bond acceptors (Lipinski definition) is 5. The number of amides is 1. The molecule has 0 unspecified atom stereocenters. The highest BCUT2D eigenvalue weighted by molar-refractivity contribution is 7.99. The van der Waals surface area contributed by atoms with Gasteiger partial charge in [-0.25, -0.2) is 0 Å². The second-order valence-electron chi connectivity index (χ2n) is 7.63. The molecule has 0 aliphatic heterocycles. The summed E-state index contributed by atoms with van der Waals surface area (Å²) >= 11 is 1.38. The molecule has 31 heavy (non-hydrogen) atoms. The van der Waals surface area contributed by atoms with E-state index in [1.54, 1.807) is 24.3 Å². The molecule has 1 amide bonds. The number of fused-ring (bicyclic) bond motifs is 1. The van der Waals surface area contributed by atoms with Gasteiger partial charge in [0.1, 0.15) is 0 Å². The van der Waals surface area contributed by atoms with Gasteiger partial charge in [-0.05, 0) is 38.0 Å². The van der Waals surface area contributed by atoms with Crippen LogP contribution in [0.3, 0.4) is 0 Å². The number of hydrogen-bond donors (Lipinski definition) is 2. The molecule has 0 bridgehead atoms. The Hall–Kier alpha value is -3.39. The van der Waals surface area contributed by atoms with Gasteiger partial charge >= 0.3 is 0 Å². The highest BCUT2D eigenvalue weighted by atomic mass is 32.2. The molecule has 2 aromatic heterocycles. The van der Waals surface area contributed by atoms with Crippen LogP contribution < -0.4 is 5.32 Å². The average Bonchev–Trinajstić information content (AvgIpc) is 3.38. The van der Waals surface area contributed by atoms with Gasteiger partial charge in [-0.15, -0.1) is 10.2 Å². The first-order valence-corrected chi connectivity index (χ1v) is 11.1. The first-order valence-electron chi connectivity index (χ1n) is 10.1. The summed E-state index contributed by atoms with van der Waals surface area (Å²) in [4.78, 5) is 27.3. The fourth-order valence-electron chi connectivity index (χ4n) is 3.62. The standard InChI is InChI=1S/C23H21N5O2S/c1-14(29)15-5-4-6-16(11-15)25-21(30)13-31-23-27-26-22(28(23)17-9-10-17)19-12-24-20-8-3-2-7-18(19)20/h2-8,11-12,17,24H,9-10,13H2,1H3,(H,25,30). The number of thioether (sulfide) groups is 1. The van der Waals surface area contributed by atoms with Gasteiger partial charge in [0.25, 0.3) is 0 Å². The van der Waals surface area contributed by atoms with Crippen molar-refractivity contribution in [2.75, 3.05) is 11.1 Å². The van der Waals surface area contributed by atoms with Crippen molar-refractivity contribution in [3.05, 3.63) is 60.3 Å². The maximum atomic E-state index is 12.5. The molecule has 1 aliphatic rings. The van der Waals surface area contributed by atoms with E-state index >= 15 is 0 Å². The summed E-state index contributed by atoms with van der Waals surface area (Å²) in [6.45, 7) is 1.51. The second-order valence-corrected chi connectivity index (χ2v) is 8.57. The molecule has 5 rings (SSSR count). The van der Waals surface area contributed by atoms with Crippen LogP contribution in [0, 0.1) is 0 Å². The Labute approximate surface area is 183 Å². The van der Waals surface area contributed by atoms with Gasteiger partial charge in [-0.3, -0.25) is 14.2 Å². The zero-order valence-electron chi connectivity index (χ0n) is 17.0. The molecule has 2 aromatic carbocycles. The first kappa shape index (κ1) is 19.6. The molecule has 1 fully saturated rings. The predicted molar refractivity (Wildman–Crippen MR) is 121 cm³/mol. The Morgan fingerprint density at radius 1 is 1.16 bits per heavy atom. The smallest absolute Gasteiger partial charge is 0.234 e. The van der Waals surface area contributed by atoms with Gasteiger partial charge in [0.05, 0.1) is 5.75 Å². The van der Waals surface area contributed by atoms with E-state index in [1.165, 1.54) is 18.7 Å². The Bertz CT molecular complexity index is 1290. The number of nitrogens with one attached hydrogen (secondary N) is 2. The minimum absolute atomic E-state index is 0.0344. The van der Waals surface area contributed by atoms with E-state index in [0.29, 0.717) is 17.3 Å². The molecule has 156 valence electrons. The number of benzene rings is 2. The fraction of sp³-hybridized carbons (Fsp3) is 0.217. The zero-order chi connectivity index (χ0) is 21.4. The summed E-state index contributed by atoms with van der Waals surface area (Å²) in [5.74, 6) is 0.859. The van der Waals surface area contributed by atoms with Crippen LogP contribution in [0.25, 0.3) is 22.3 Å². The molecular weight excluding hydrogens is 410 g/mol. The van der Waals surface area contributed by atoms with Gasteiger partial charge < -0.3 is 10.3 Å². The third kappa shape index (κ3) is 3.98. The number of rotatable bonds is 7. The molecule has 8 heteroatoms. The van der Waals surface area contributed by atoms with E-state index in [-0.39, 0.29) is 17.4 Å². The number of aromatic nitrogens is 4. The number of carbonyl (C=O) groups excluding carboxylic acids is 2. The van der Waals surface area contributed by atoms with Gasteiger partial charge in [0.2, 0.25) is 5.91 Å². The van der Waals surface area contributed by atoms with Crippen LogP contribution in [-0.4, -0.2) is 37.2 Å². The number of Topliss-reactive ketones (excluding diaryl/α,β-unsaturated/α-hetero) is 1. The summed E-state index contributed by atoms with van der Waals surface area (Å²) in [6, 6.07) is 15.5. The van der Waals surface area contributed by atoms with E-state index in [9.17, 15) is 9.59 Å². The molecule has 4 aromatic rings. The molecular formula is C23H21N5O2S. The maximum absolute atomic E-state index is 12.5. The molecule has 0 radical (unpaired) electrons. The lowest BCUT2D eigenvalue weighted by Gasteiger charge is -2.09. The quantitative estimate of drug-likeness (QED) is 0.327. The number of para-hydroxylation sites is 1.